The first-order chi connectivity index (χ1) is 15.4. The number of halogens is 1. The van der Waals surface area contributed by atoms with Crippen molar-refractivity contribution in [2.24, 2.45) is 0 Å². The Labute approximate surface area is 184 Å². The van der Waals surface area contributed by atoms with Crippen LogP contribution in [0.15, 0.2) is 75.9 Å². The molecule has 0 radical (unpaired) electrons. The second-order valence-electron chi connectivity index (χ2n) is 7.51. The van der Waals surface area contributed by atoms with Crippen LogP contribution in [0.5, 0.6) is 23.0 Å². The number of rotatable bonds is 7. The van der Waals surface area contributed by atoms with Gasteiger partial charge in [0.25, 0.3) is 0 Å². The van der Waals surface area contributed by atoms with Gasteiger partial charge in [-0.15, -0.1) is 0 Å². The lowest BCUT2D eigenvalue weighted by Gasteiger charge is -2.14. The fourth-order valence-electron chi connectivity index (χ4n) is 3.20. The van der Waals surface area contributed by atoms with E-state index in [1.54, 1.807) is 30.3 Å². The summed E-state index contributed by atoms with van der Waals surface area (Å²) in [4.78, 5) is 14.8. The summed E-state index contributed by atoms with van der Waals surface area (Å²) in [6, 6.07) is 17.0. The molecule has 4 aromatic rings. The Kier molecular flexibility index (Phi) is 6.09. The average Bonchev–Trinajstić information content (AvgIpc) is 2.75. The van der Waals surface area contributed by atoms with Crippen LogP contribution in [0.2, 0.25) is 0 Å². The van der Waals surface area contributed by atoms with E-state index in [4.69, 9.17) is 13.9 Å². The van der Waals surface area contributed by atoms with Gasteiger partial charge in [-0.2, -0.15) is 0 Å². The molecule has 0 aliphatic carbocycles. The number of hydrogen-bond donors (Lipinski definition) is 1. The third-order valence-electron chi connectivity index (χ3n) is 4.83. The topological polar surface area (TPSA) is 72.1 Å². The quantitative estimate of drug-likeness (QED) is 0.410. The van der Waals surface area contributed by atoms with E-state index in [1.807, 2.05) is 19.0 Å². The highest BCUT2D eigenvalue weighted by atomic mass is 19.1. The lowest BCUT2D eigenvalue weighted by molar-refractivity contribution is 0.261. The maximum atomic E-state index is 13.4. The molecule has 0 aliphatic heterocycles. The Balaban J connectivity index is 1.74. The van der Waals surface area contributed by atoms with Gasteiger partial charge in [-0.05, 0) is 68.2 Å². The predicted molar refractivity (Wildman–Crippen MR) is 120 cm³/mol. The standard InChI is InChI=1S/C25H22FNO5/c1-27(2)13-14-30-19-8-10-20(11-9-19)31-24-21-12-7-18(28)15-22(21)32-25(29)23(24)16-3-5-17(26)6-4-16/h3-12,15,28H,13-14H2,1-2H3. The molecule has 1 heterocycles. The third-order valence-corrected chi connectivity index (χ3v) is 4.83. The van der Waals surface area contributed by atoms with Gasteiger partial charge in [-0.1, -0.05) is 12.1 Å². The average molecular weight is 435 g/mol. The zero-order chi connectivity index (χ0) is 22.7. The van der Waals surface area contributed by atoms with Crippen LogP contribution >= 0.6 is 0 Å². The molecule has 0 unspecified atom stereocenters. The van der Waals surface area contributed by atoms with Gasteiger partial charge < -0.3 is 23.9 Å². The minimum Gasteiger partial charge on any atom is -0.508 e. The van der Waals surface area contributed by atoms with Crippen LogP contribution in [0.4, 0.5) is 4.39 Å². The number of nitrogens with zero attached hydrogens (tertiary/aromatic N) is 1. The Morgan fingerprint density at radius 3 is 2.34 bits per heavy atom. The maximum absolute atomic E-state index is 13.4. The largest absolute Gasteiger partial charge is 0.508 e. The fourth-order valence-corrected chi connectivity index (χ4v) is 3.20. The van der Waals surface area contributed by atoms with Crippen LogP contribution < -0.4 is 15.1 Å². The van der Waals surface area contributed by atoms with Crippen LogP contribution in [-0.4, -0.2) is 37.3 Å². The number of ether oxygens (including phenoxy) is 2. The van der Waals surface area contributed by atoms with E-state index >= 15 is 0 Å². The number of hydrogen-bond acceptors (Lipinski definition) is 6. The molecule has 0 spiro atoms. The number of phenols is 1. The number of likely N-dealkylation sites (N-methyl/N-ethyl adjacent to an activating group) is 1. The zero-order valence-electron chi connectivity index (χ0n) is 17.7. The molecule has 1 N–H and O–H groups in total. The Bertz CT molecular complexity index is 1280. The van der Waals surface area contributed by atoms with Crippen LogP contribution in [0.1, 0.15) is 0 Å². The minimum absolute atomic E-state index is 0.0413. The van der Waals surface area contributed by atoms with Crippen molar-refractivity contribution in [2.75, 3.05) is 27.2 Å². The van der Waals surface area contributed by atoms with Gasteiger partial charge in [0.05, 0.1) is 5.39 Å². The van der Waals surface area contributed by atoms with Gasteiger partial charge >= 0.3 is 5.63 Å². The van der Waals surface area contributed by atoms with Crippen molar-refractivity contribution in [2.45, 2.75) is 0 Å². The first-order valence-electron chi connectivity index (χ1n) is 10.0. The summed E-state index contributed by atoms with van der Waals surface area (Å²) in [5, 5.41) is 10.3. The predicted octanol–water partition coefficient (Wildman–Crippen LogP) is 5.04. The molecule has 0 amide bonds. The molecule has 7 heteroatoms. The maximum Gasteiger partial charge on any atom is 0.348 e. The zero-order valence-corrected chi connectivity index (χ0v) is 17.7. The second-order valence-corrected chi connectivity index (χ2v) is 7.51. The van der Waals surface area contributed by atoms with Crippen molar-refractivity contribution in [3.63, 3.8) is 0 Å². The SMILES string of the molecule is CN(C)CCOc1ccc(Oc2c(-c3ccc(F)cc3)c(=O)oc3cc(O)ccc23)cc1. The highest BCUT2D eigenvalue weighted by Crippen LogP contribution is 2.38. The molecule has 0 fully saturated rings. The molecule has 0 saturated heterocycles. The van der Waals surface area contributed by atoms with Gasteiger partial charge in [0.15, 0.2) is 5.75 Å². The number of aromatic hydroxyl groups is 1. The molecule has 0 saturated carbocycles. The van der Waals surface area contributed by atoms with E-state index in [2.05, 4.69) is 0 Å². The first kappa shape index (κ1) is 21.4. The van der Waals surface area contributed by atoms with E-state index in [0.717, 1.165) is 6.54 Å². The highest BCUT2D eigenvalue weighted by molar-refractivity contribution is 5.91. The summed E-state index contributed by atoms with van der Waals surface area (Å²) in [6.45, 7) is 1.34. The molecular formula is C25H22FNO5. The minimum atomic E-state index is -0.659. The van der Waals surface area contributed by atoms with E-state index in [1.165, 1.54) is 36.4 Å². The molecule has 0 aliphatic rings. The van der Waals surface area contributed by atoms with Crippen LogP contribution in [0.25, 0.3) is 22.1 Å². The summed E-state index contributed by atoms with van der Waals surface area (Å²) in [5.74, 6) is 0.967. The molecule has 3 aromatic carbocycles. The normalized spacial score (nSPS) is 11.1. The molecule has 4 rings (SSSR count). The van der Waals surface area contributed by atoms with Crippen molar-refractivity contribution in [3.8, 4) is 34.1 Å². The van der Waals surface area contributed by atoms with Crippen LogP contribution in [0.3, 0.4) is 0 Å². The van der Waals surface area contributed by atoms with Gasteiger partial charge in [0.1, 0.15) is 40.8 Å². The number of fused-ring (bicyclic) bond motifs is 1. The van der Waals surface area contributed by atoms with E-state index in [9.17, 15) is 14.3 Å². The van der Waals surface area contributed by atoms with Gasteiger partial charge in [0.2, 0.25) is 0 Å². The number of benzene rings is 3. The number of phenolic OH excluding ortho intramolecular Hbond substituents is 1. The van der Waals surface area contributed by atoms with Crippen molar-refractivity contribution < 1.29 is 23.4 Å². The lowest BCUT2D eigenvalue weighted by Crippen LogP contribution is -2.19. The van der Waals surface area contributed by atoms with E-state index in [0.29, 0.717) is 29.1 Å². The summed E-state index contributed by atoms with van der Waals surface area (Å²) in [7, 11) is 3.94. The van der Waals surface area contributed by atoms with E-state index < -0.39 is 11.4 Å². The molecule has 164 valence electrons. The Morgan fingerprint density at radius 2 is 1.66 bits per heavy atom. The van der Waals surface area contributed by atoms with Crippen LogP contribution in [0, 0.1) is 5.82 Å². The van der Waals surface area contributed by atoms with Gasteiger partial charge in [0, 0.05) is 12.6 Å². The Morgan fingerprint density at radius 1 is 0.969 bits per heavy atom. The lowest BCUT2D eigenvalue weighted by atomic mass is 10.0. The third kappa shape index (κ3) is 4.73. The smallest absolute Gasteiger partial charge is 0.348 e. The fraction of sp³-hybridized carbons (Fsp3) is 0.160. The van der Waals surface area contributed by atoms with Gasteiger partial charge in [-0.3, -0.25) is 0 Å². The summed E-state index contributed by atoms with van der Waals surface area (Å²) in [5.41, 5.74) is 0.135. The second kappa shape index (κ2) is 9.11. The van der Waals surface area contributed by atoms with Gasteiger partial charge in [-0.25, -0.2) is 9.18 Å². The molecule has 32 heavy (non-hydrogen) atoms. The van der Waals surface area contributed by atoms with Crippen molar-refractivity contribution in [3.05, 3.63) is 83.0 Å². The summed E-state index contributed by atoms with van der Waals surface area (Å²) in [6.07, 6.45) is 0. The molecule has 1 aromatic heterocycles. The molecular weight excluding hydrogens is 413 g/mol. The summed E-state index contributed by atoms with van der Waals surface area (Å²) >= 11 is 0. The van der Waals surface area contributed by atoms with Crippen LogP contribution in [-0.2, 0) is 0 Å². The molecule has 0 atom stereocenters. The van der Waals surface area contributed by atoms with Crippen molar-refractivity contribution >= 4 is 11.0 Å². The highest BCUT2D eigenvalue weighted by Gasteiger charge is 2.19. The van der Waals surface area contributed by atoms with Crippen molar-refractivity contribution in [1.29, 1.82) is 0 Å². The Hall–Kier alpha value is -3.84. The monoisotopic (exact) mass is 435 g/mol. The molecule has 6 nitrogen and oxygen atoms in total. The molecule has 0 bridgehead atoms. The van der Waals surface area contributed by atoms with Crippen molar-refractivity contribution in [1.82, 2.24) is 4.90 Å². The van der Waals surface area contributed by atoms with E-state index in [-0.39, 0.29) is 22.6 Å². The summed E-state index contributed by atoms with van der Waals surface area (Å²) < 4.78 is 30.7. The first-order valence-corrected chi connectivity index (χ1v) is 10.0.